The molecule has 0 bridgehead atoms. The smallest absolute Gasteiger partial charge is 0.338 e. The third-order valence-corrected chi connectivity index (χ3v) is 5.25. The molecule has 13 heteroatoms. The number of ether oxygens (including phenoxy) is 1. The molecule has 0 aromatic heterocycles. The predicted molar refractivity (Wildman–Crippen MR) is 104 cm³/mol. The molecule has 1 unspecified atom stereocenters. The van der Waals surface area contributed by atoms with E-state index in [1.54, 1.807) is 0 Å². The van der Waals surface area contributed by atoms with Crippen molar-refractivity contribution in [2.75, 3.05) is 5.32 Å². The number of amides is 1. The molecule has 3 N–H and O–H groups in total. The van der Waals surface area contributed by atoms with Crippen molar-refractivity contribution >= 4 is 56.5 Å². The molecular weight excluding hydrogens is 449 g/mol. The van der Waals surface area contributed by atoms with Crippen molar-refractivity contribution in [2.45, 2.75) is 17.9 Å². The van der Waals surface area contributed by atoms with Crippen molar-refractivity contribution in [3.8, 4) is 0 Å². The first-order valence-electron chi connectivity index (χ1n) is 7.68. The fourth-order valence-electron chi connectivity index (χ4n) is 2.08. The molecule has 2 aromatic rings. The molecule has 0 fully saturated rings. The summed E-state index contributed by atoms with van der Waals surface area (Å²) in [4.78, 5) is 34.0. The van der Waals surface area contributed by atoms with Crippen molar-refractivity contribution in [1.82, 2.24) is 0 Å². The number of sulfonamides is 1. The third kappa shape index (κ3) is 5.64. The number of anilines is 1. The zero-order chi connectivity index (χ0) is 21.9. The van der Waals surface area contributed by atoms with Crippen LogP contribution in [-0.4, -0.2) is 31.3 Å². The van der Waals surface area contributed by atoms with Crippen LogP contribution in [0.15, 0.2) is 41.3 Å². The summed E-state index contributed by atoms with van der Waals surface area (Å²) in [5.41, 5.74) is -0.375. The van der Waals surface area contributed by atoms with Gasteiger partial charge in [-0.05, 0) is 31.2 Å². The second-order valence-electron chi connectivity index (χ2n) is 5.65. The molecule has 0 aliphatic rings. The Labute approximate surface area is 174 Å². The highest BCUT2D eigenvalue weighted by atomic mass is 35.5. The number of nitrogens with zero attached hydrogens (tertiary/aromatic N) is 1. The topological polar surface area (TPSA) is 159 Å². The number of primary sulfonamides is 1. The van der Waals surface area contributed by atoms with Gasteiger partial charge in [-0.1, -0.05) is 23.2 Å². The lowest BCUT2D eigenvalue weighted by molar-refractivity contribution is -0.384. The molecule has 1 atom stereocenters. The average Bonchev–Trinajstić information content (AvgIpc) is 2.62. The first-order valence-corrected chi connectivity index (χ1v) is 9.98. The van der Waals surface area contributed by atoms with Gasteiger partial charge >= 0.3 is 5.97 Å². The second-order valence-corrected chi connectivity index (χ2v) is 7.99. The third-order valence-electron chi connectivity index (χ3n) is 3.55. The Morgan fingerprint density at radius 3 is 2.38 bits per heavy atom. The van der Waals surface area contributed by atoms with E-state index >= 15 is 0 Å². The Morgan fingerprint density at radius 1 is 1.17 bits per heavy atom. The molecule has 10 nitrogen and oxygen atoms in total. The number of hydrogen-bond donors (Lipinski definition) is 2. The van der Waals surface area contributed by atoms with Crippen LogP contribution < -0.4 is 10.5 Å². The van der Waals surface area contributed by atoms with Crippen LogP contribution in [-0.2, 0) is 19.6 Å². The summed E-state index contributed by atoms with van der Waals surface area (Å²) in [6.07, 6.45) is -1.30. The average molecular weight is 462 g/mol. The van der Waals surface area contributed by atoms with Crippen molar-refractivity contribution in [1.29, 1.82) is 0 Å². The normalized spacial score (nSPS) is 12.1. The van der Waals surface area contributed by atoms with Gasteiger partial charge in [0, 0.05) is 12.1 Å². The van der Waals surface area contributed by atoms with Gasteiger partial charge in [-0.15, -0.1) is 0 Å². The SMILES string of the molecule is CC(OC(=O)c1ccc(Cl)c(S(N)(=O)=O)c1)C(=O)Nc1ccc([N+](=O)[O-])cc1Cl. The molecule has 0 saturated heterocycles. The minimum atomic E-state index is -4.17. The number of halogens is 2. The van der Waals surface area contributed by atoms with E-state index in [1.165, 1.54) is 19.1 Å². The van der Waals surface area contributed by atoms with Crippen LogP contribution in [0.25, 0.3) is 0 Å². The summed E-state index contributed by atoms with van der Waals surface area (Å²) in [7, 11) is -4.17. The van der Waals surface area contributed by atoms with E-state index < -0.39 is 37.8 Å². The Balaban J connectivity index is 2.12. The summed E-state index contributed by atoms with van der Waals surface area (Å²) >= 11 is 11.6. The molecule has 2 aromatic carbocycles. The highest BCUT2D eigenvalue weighted by molar-refractivity contribution is 7.89. The predicted octanol–water partition coefficient (Wildman–Crippen LogP) is 2.73. The highest BCUT2D eigenvalue weighted by Gasteiger charge is 2.22. The minimum absolute atomic E-state index is 0.0770. The lowest BCUT2D eigenvalue weighted by Gasteiger charge is -2.14. The highest BCUT2D eigenvalue weighted by Crippen LogP contribution is 2.27. The van der Waals surface area contributed by atoms with Gasteiger partial charge in [-0.25, -0.2) is 18.4 Å². The maximum absolute atomic E-state index is 12.2. The van der Waals surface area contributed by atoms with Gasteiger partial charge in [-0.3, -0.25) is 14.9 Å². The standard InChI is InChI=1S/C16H13Cl2N3O7S/c1-8(15(22)20-13-5-3-10(21(24)25)7-12(13)18)28-16(23)9-2-4-11(17)14(6-9)29(19,26)27/h2-8H,1H3,(H,20,22)(H2,19,26,27). The fraction of sp³-hybridized carbons (Fsp3) is 0.125. The van der Waals surface area contributed by atoms with E-state index in [9.17, 15) is 28.1 Å². The van der Waals surface area contributed by atoms with Gasteiger partial charge in [-0.2, -0.15) is 0 Å². The number of esters is 1. The van der Waals surface area contributed by atoms with Gasteiger partial charge in [0.05, 0.1) is 26.2 Å². The molecule has 0 aliphatic carbocycles. The fourth-order valence-corrected chi connectivity index (χ4v) is 3.38. The Kier molecular flexibility index (Phi) is 6.80. The molecule has 2 rings (SSSR count). The van der Waals surface area contributed by atoms with E-state index in [4.69, 9.17) is 33.1 Å². The van der Waals surface area contributed by atoms with Crippen molar-refractivity contribution in [3.05, 3.63) is 62.1 Å². The van der Waals surface area contributed by atoms with Crippen LogP contribution in [0.4, 0.5) is 11.4 Å². The number of hydrogen-bond acceptors (Lipinski definition) is 7. The molecule has 0 aliphatic heterocycles. The van der Waals surface area contributed by atoms with E-state index in [-0.39, 0.29) is 27.0 Å². The number of rotatable bonds is 6. The molecule has 0 spiro atoms. The number of nitrogens with one attached hydrogen (secondary N) is 1. The summed E-state index contributed by atoms with van der Waals surface area (Å²) in [5, 5.41) is 17.8. The molecule has 0 radical (unpaired) electrons. The molecule has 154 valence electrons. The number of nitrogens with two attached hydrogens (primary N) is 1. The summed E-state index contributed by atoms with van der Waals surface area (Å²) in [6, 6.07) is 6.70. The second kappa shape index (κ2) is 8.74. The van der Waals surface area contributed by atoms with Crippen LogP contribution in [0, 0.1) is 10.1 Å². The number of nitro benzene ring substituents is 1. The lowest BCUT2D eigenvalue weighted by Crippen LogP contribution is -2.30. The Hall–Kier alpha value is -2.73. The molecule has 1 amide bonds. The molecule has 0 heterocycles. The number of carbonyl (C=O) groups is 2. The number of nitro groups is 1. The maximum atomic E-state index is 12.2. The zero-order valence-electron chi connectivity index (χ0n) is 14.6. The van der Waals surface area contributed by atoms with Gasteiger partial charge in [0.15, 0.2) is 6.10 Å². The lowest BCUT2D eigenvalue weighted by atomic mass is 10.2. The van der Waals surface area contributed by atoms with Crippen molar-refractivity contribution in [2.24, 2.45) is 5.14 Å². The largest absolute Gasteiger partial charge is 0.449 e. The van der Waals surface area contributed by atoms with Crippen LogP contribution in [0.5, 0.6) is 0 Å². The summed E-state index contributed by atoms with van der Waals surface area (Å²) in [5.74, 6) is -1.77. The van der Waals surface area contributed by atoms with Crippen LogP contribution in [0.2, 0.25) is 10.0 Å². The van der Waals surface area contributed by atoms with Crippen molar-refractivity contribution < 1.29 is 27.7 Å². The summed E-state index contributed by atoms with van der Waals surface area (Å²) in [6.45, 7) is 1.27. The van der Waals surface area contributed by atoms with Gasteiger partial charge < -0.3 is 10.1 Å². The van der Waals surface area contributed by atoms with E-state index in [1.807, 2.05) is 0 Å². The number of non-ortho nitro benzene ring substituents is 1. The first-order chi connectivity index (χ1) is 13.4. The maximum Gasteiger partial charge on any atom is 0.338 e. The van der Waals surface area contributed by atoms with Gasteiger partial charge in [0.1, 0.15) is 4.90 Å². The monoisotopic (exact) mass is 461 g/mol. The van der Waals surface area contributed by atoms with E-state index in [2.05, 4.69) is 5.32 Å². The Morgan fingerprint density at radius 2 is 1.83 bits per heavy atom. The first kappa shape index (κ1) is 22.6. The van der Waals surface area contributed by atoms with Crippen LogP contribution in [0.1, 0.15) is 17.3 Å². The van der Waals surface area contributed by atoms with E-state index in [0.717, 1.165) is 24.3 Å². The van der Waals surface area contributed by atoms with Crippen LogP contribution in [0.3, 0.4) is 0 Å². The summed E-state index contributed by atoms with van der Waals surface area (Å²) < 4.78 is 28.0. The van der Waals surface area contributed by atoms with Crippen LogP contribution >= 0.6 is 23.2 Å². The van der Waals surface area contributed by atoms with Gasteiger partial charge in [0.25, 0.3) is 11.6 Å². The quantitative estimate of drug-likeness (QED) is 0.379. The number of benzene rings is 2. The minimum Gasteiger partial charge on any atom is -0.449 e. The molecular formula is C16H13Cl2N3O7S. The molecule has 0 saturated carbocycles. The number of carbonyl (C=O) groups excluding carboxylic acids is 2. The zero-order valence-corrected chi connectivity index (χ0v) is 16.9. The van der Waals surface area contributed by atoms with Gasteiger partial charge in [0.2, 0.25) is 10.0 Å². The van der Waals surface area contributed by atoms with Crippen molar-refractivity contribution in [3.63, 3.8) is 0 Å². The Bertz CT molecular complexity index is 1110. The van der Waals surface area contributed by atoms with E-state index in [0.29, 0.717) is 0 Å². The molecule has 29 heavy (non-hydrogen) atoms.